The van der Waals surface area contributed by atoms with Crippen LogP contribution in [0.4, 0.5) is 0 Å². The highest BCUT2D eigenvalue weighted by Crippen LogP contribution is 2.13. The quantitative estimate of drug-likeness (QED) is 0.778. The number of nitrogens with zero attached hydrogens (tertiary/aromatic N) is 2. The lowest BCUT2D eigenvalue weighted by atomic mass is 10.3. The van der Waals surface area contributed by atoms with Crippen molar-refractivity contribution >= 4 is 15.9 Å². The van der Waals surface area contributed by atoms with Gasteiger partial charge in [0.1, 0.15) is 0 Å². The summed E-state index contributed by atoms with van der Waals surface area (Å²) < 4.78 is 4.48. The van der Waals surface area contributed by atoms with Gasteiger partial charge in [-0.25, -0.2) is 4.68 Å². The number of aryl methyl sites for hydroxylation is 1. The van der Waals surface area contributed by atoms with Crippen LogP contribution in [0.2, 0.25) is 0 Å². The standard InChI is InChI=1S/C11H11BrN2O/c1-8-7-11(15)14(13(8)2)10-5-3-9(12)4-6-10/h3-7H,1-2H3. The molecule has 0 saturated carbocycles. The van der Waals surface area contributed by atoms with E-state index < -0.39 is 0 Å². The SMILES string of the molecule is Cc1cc(=O)n(-c2ccc(Br)cc2)n1C. The van der Waals surface area contributed by atoms with Crippen molar-refractivity contribution in [2.45, 2.75) is 6.92 Å². The van der Waals surface area contributed by atoms with Crippen molar-refractivity contribution < 1.29 is 0 Å². The highest BCUT2D eigenvalue weighted by molar-refractivity contribution is 9.10. The van der Waals surface area contributed by atoms with E-state index in [1.165, 1.54) is 0 Å². The van der Waals surface area contributed by atoms with Crippen LogP contribution >= 0.6 is 15.9 Å². The van der Waals surface area contributed by atoms with Crippen LogP contribution in [0.1, 0.15) is 5.69 Å². The third-order valence-electron chi connectivity index (χ3n) is 2.42. The second-order valence-corrected chi connectivity index (χ2v) is 4.35. The fourth-order valence-corrected chi connectivity index (χ4v) is 1.79. The van der Waals surface area contributed by atoms with Crippen molar-refractivity contribution in [3.8, 4) is 5.69 Å². The predicted molar refractivity (Wildman–Crippen MR) is 63.4 cm³/mol. The van der Waals surface area contributed by atoms with Gasteiger partial charge in [0.05, 0.1) is 5.69 Å². The Morgan fingerprint density at radius 2 is 1.80 bits per heavy atom. The molecule has 0 aliphatic heterocycles. The molecule has 1 heterocycles. The fourth-order valence-electron chi connectivity index (χ4n) is 1.52. The van der Waals surface area contributed by atoms with Gasteiger partial charge in [-0.1, -0.05) is 15.9 Å². The maximum absolute atomic E-state index is 11.7. The molecule has 0 amide bonds. The van der Waals surface area contributed by atoms with Gasteiger partial charge < -0.3 is 0 Å². The maximum Gasteiger partial charge on any atom is 0.271 e. The van der Waals surface area contributed by atoms with E-state index in [-0.39, 0.29) is 5.56 Å². The first-order chi connectivity index (χ1) is 7.09. The van der Waals surface area contributed by atoms with Crippen molar-refractivity contribution in [3.05, 3.63) is 50.9 Å². The van der Waals surface area contributed by atoms with Crippen molar-refractivity contribution in [1.82, 2.24) is 9.36 Å². The summed E-state index contributed by atoms with van der Waals surface area (Å²) in [5.41, 5.74) is 1.82. The second-order valence-electron chi connectivity index (χ2n) is 3.44. The van der Waals surface area contributed by atoms with Crippen LogP contribution in [0, 0.1) is 6.92 Å². The Kier molecular flexibility index (Phi) is 2.52. The summed E-state index contributed by atoms with van der Waals surface area (Å²) >= 11 is 3.37. The number of hydrogen-bond acceptors (Lipinski definition) is 1. The molecular weight excluding hydrogens is 256 g/mol. The minimum absolute atomic E-state index is 0.00248. The van der Waals surface area contributed by atoms with Gasteiger partial charge in [0.2, 0.25) is 0 Å². The zero-order valence-corrected chi connectivity index (χ0v) is 10.2. The predicted octanol–water partition coefficient (Wildman–Crippen LogP) is 2.25. The molecule has 0 spiro atoms. The van der Waals surface area contributed by atoms with Crippen LogP contribution in [0.5, 0.6) is 0 Å². The van der Waals surface area contributed by atoms with E-state index in [9.17, 15) is 4.79 Å². The summed E-state index contributed by atoms with van der Waals surface area (Å²) in [7, 11) is 1.87. The lowest BCUT2D eigenvalue weighted by Gasteiger charge is -2.08. The third-order valence-corrected chi connectivity index (χ3v) is 2.95. The summed E-state index contributed by atoms with van der Waals surface area (Å²) in [6.07, 6.45) is 0. The Balaban J connectivity index is 2.64. The molecule has 15 heavy (non-hydrogen) atoms. The van der Waals surface area contributed by atoms with E-state index in [1.54, 1.807) is 10.7 Å². The maximum atomic E-state index is 11.7. The van der Waals surface area contributed by atoms with Crippen molar-refractivity contribution in [2.75, 3.05) is 0 Å². The summed E-state index contributed by atoms with van der Waals surface area (Å²) in [6, 6.07) is 9.28. The summed E-state index contributed by atoms with van der Waals surface area (Å²) in [5.74, 6) is 0. The monoisotopic (exact) mass is 266 g/mol. The van der Waals surface area contributed by atoms with Crippen LogP contribution in [0.25, 0.3) is 5.69 Å². The number of rotatable bonds is 1. The smallest absolute Gasteiger partial charge is 0.271 e. The van der Waals surface area contributed by atoms with E-state index in [2.05, 4.69) is 15.9 Å². The Morgan fingerprint density at radius 3 is 2.27 bits per heavy atom. The zero-order valence-electron chi connectivity index (χ0n) is 8.57. The van der Waals surface area contributed by atoms with Crippen LogP contribution in [-0.2, 0) is 7.05 Å². The molecule has 1 aromatic carbocycles. The van der Waals surface area contributed by atoms with Crippen molar-refractivity contribution in [3.63, 3.8) is 0 Å². The van der Waals surface area contributed by atoms with Gasteiger partial charge in [0.15, 0.2) is 0 Å². The zero-order chi connectivity index (χ0) is 11.0. The summed E-state index contributed by atoms with van der Waals surface area (Å²) in [5, 5.41) is 0. The normalized spacial score (nSPS) is 10.6. The molecule has 78 valence electrons. The van der Waals surface area contributed by atoms with Gasteiger partial charge >= 0.3 is 0 Å². The first-order valence-corrected chi connectivity index (χ1v) is 5.40. The van der Waals surface area contributed by atoms with Gasteiger partial charge in [-0.2, -0.15) is 0 Å². The van der Waals surface area contributed by atoms with E-state index in [0.717, 1.165) is 15.9 Å². The minimum atomic E-state index is -0.00248. The van der Waals surface area contributed by atoms with Gasteiger partial charge in [0, 0.05) is 23.3 Å². The molecule has 0 radical (unpaired) electrons. The van der Waals surface area contributed by atoms with E-state index >= 15 is 0 Å². The Morgan fingerprint density at radius 1 is 1.20 bits per heavy atom. The molecule has 0 aliphatic rings. The minimum Gasteiger partial charge on any atom is -0.285 e. The second kappa shape index (κ2) is 3.70. The topological polar surface area (TPSA) is 26.9 Å². The van der Waals surface area contributed by atoms with Crippen LogP contribution in [-0.4, -0.2) is 9.36 Å². The molecule has 0 fully saturated rings. The number of hydrogen-bond donors (Lipinski definition) is 0. The molecule has 0 saturated heterocycles. The number of benzene rings is 1. The molecule has 2 rings (SSSR count). The largest absolute Gasteiger partial charge is 0.285 e. The van der Waals surface area contributed by atoms with E-state index in [1.807, 2.05) is 42.9 Å². The average molecular weight is 267 g/mol. The summed E-state index contributed by atoms with van der Waals surface area (Å²) in [6.45, 7) is 1.91. The van der Waals surface area contributed by atoms with Crippen molar-refractivity contribution in [2.24, 2.45) is 7.05 Å². The van der Waals surface area contributed by atoms with Gasteiger partial charge in [-0.15, -0.1) is 0 Å². The number of halogens is 1. The molecule has 0 aliphatic carbocycles. The van der Waals surface area contributed by atoms with E-state index in [4.69, 9.17) is 0 Å². The molecule has 0 bridgehead atoms. The van der Waals surface area contributed by atoms with Gasteiger partial charge in [-0.3, -0.25) is 9.48 Å². The summed E-state index contributed by atoms with van der Waals surface area (Å²) in [4.78, 5) is 11.7. The third kappa shape index (κ3) is 1.77. The van der Waals surface area contributed by atoms with Gasteiger partial charge in [0.25, 0.3) is 5.56 Å². The molecule has 2 aromatic rings. The van der Waals surface area contributed by atoms with Crippen LogP contribution in [0.3, 0.4) is 0 Å². The lowest BCUT2D eigenvalue weighted by Crippen LogP contribution is -2.18. The van der Waals surface area contributed by atoms with Crippen molar-refractivity contribution in [1.29, 1.82) is 0 Å². The fraction of sp³-hybridized carbons (Fsp3) is 0.182. The molecule has 0 atom stereocenters. The molecular formula is C11H11BrN2O. The first kappa shape index (κ1) is 10.2. The molecule has 4 heteroatoms. The number of aromatic nitrogens is 2. The molecule has 0 unspecified atom stereocenters. The highest BCUT2D eigenvalue weighted by atomic mass is 79.9. The average Bonchev–Trinajstić information content (AvgIpc) is 2.44. The Labute approximate surface area is 96.1 Å². The molecule has 1 aromatic heterocycles. The van der Waals surface area contributed by atoms with Crippen LogP contribution in [0.15, 0.2) is 39.6 Å². The Hall–Kier alpha value is -1.29. The van der Waals surface area contributed by atoms with E-state index in [0.29, 0.717) is 0 Å². The lowest BCUT2D eigenvalue weighted by molar-refractivity contribution is 0.630. The highest BCUT2D eigenvalue weighted by Gasteiger charge is 2.05. The Bertz CT molecular complexity index is 537. The molecule has 3 nitrogen and oxygen atoms in total. The van der Waals surface area contributed by atoms with Gasteiger partial charge in [-0.05, 0) is 31.2 Å². The van der Waals surface area contributed by atoms with Crippen LogP contribution < -0.4 is 5.56 Å². The first-order valence-electron chi connectivity index (χ1n) is 4.61. The molecule has 0 N–H and O–H groups in total.